The Morgan fingerprint density at radius 3 is 2.53 bits per heavy atom. The smallest absolute Gasteiger partial charge is 0.189 e. The highest BCUT2D eigenvalue weighted by Crippen LogP contribution is 2.25. The predicted octanol–water partition coefficient (Wildman–Crippen LogP) is 2.05. The van der Waals surface area contributed by atoms with Crippen molar-refractivity contribution in [3.05, 3.63) is 41.5 Å². The number of ketones is 1. The SMILES string of the molecule is C=CC(=O)c1c(O)cc(COC)cc1COC. The molecular formula is C13H16O4. The third-order valence-electron chi connectivity index (χ3n) is 2.30. The van der Waals surface area contributed by atoms with E-state index >= 15 is 0 Å². The van der Waals surface area contributed by atoms with Crippen molar-refractivity contribution in [2.24, 2.45) is 0 Å². The van der Waals surface area contributed by atoms with Crippen molar-refractivity contribution >= 4 is 5.78 Å². The summed E-state index contributed by atoms with van der Waals surface area (Å²) in [6, 6.07) is 3.29. The minimum atomic E-state index is -0.321. The van der Waals surface area contributed by atoms with E-state index in [4.69, 9.17) is 9.47 Å². The van der Waals surface area contributed by atoms with Gasteiger partial charge in [-0.3, -0.25) is 4.79 Å². The van der Waals surface area contributed by atoms with Crippen LogP contribution in [0.2, 0.25) is 0 Å². The molecule has 1 aromatic rings. The van der Waals surface area contributed by atoms with E-state index in [0.717, 1.165) is 5.56 Å². The van der Waals surface area contributed by atoms with Crippen molar-refractivity contribution in [3.63, 3.8) is 0 Å². The molecule has 0 unspecified atom stereocenters. The summed E-state index contributed by atoms with van der Waals surface area (Å²) in [5.74, 6) is -0.394. The number of aromatic hydroxyl groups is 1. The van der Waals surface area contributed by atoms with Crippen molar-refractivity contribution in [3.8, 4) is 5.75 Å². The second-order valence-corrected chi connectivity index (χ2v) is 3.58. The zero-order chi connectivity index (χ0) is 12.8. The van der Waals surface area contributed by atoms with Crippen LogP contribution in [0.1, 0.15) is 21.5 Å². The quantitative estimate of drug-likeness (QED) is 0.606. The molecule has 0 fully saturated rings. The number of allylic oxidation sites excluding steroid dienone is 1. The molecular weight excluding hydrogens is 220 g/mol. The number of phenols is 1. The molecule has 0 atom stereocenters. The summed E-state index contributed by atoms with van der Waals surface area (Å²) in [6.07, 6.45) is 1.17. The molecule has 17 heavy (non-hydrogen) atoms. The van der Waals surface area contributed by atoms with E-state index in [0.29, 0.717) is 12.2 Å². The number of hydrogen-bond acceptors (Lipinski definition) is 4. The number of carbonyl (C=O) groups is 1. The monoisotopic (exact) mass is 236 g/mol. The summed E-state index contributed by atoms with van der Waals surface area (Å²) in [7, 11) is 3.10. The van der Waals surface area contributed by atoms with Crippen LogP contribution in [0.15, 0.2) is 24.8 Å². The van der Waals surface area contributed by atoms with Crippen LogP contribution in [0, 0.1) is 0 Å². The molecule has 0 saturated heterocycles. The number of ether oxygens (including phenoxy) is 2. The van der Waals surface area contributed by atoms with Gasteiger partial charge in [0.05, 0.1) is 18.8 Å². The molecule has 1 aromatic carbocycles. The Hall–Kier alpha value is -1.65. The second-order valence-electron chi connectivity index (χ2n) is 3.58. The highest BCUT2D eigenvalue weighted by atomic mass is 16.5. The van der Waals surface area contributed by atoms with Crippen LogP contribution in [0.25, 0.3) is 0 Å². The van der Waals surface area contributed by atoms with Gasteiger partial charge >= 0.3 is 0 Å². The molecule has 92 valence electrons. The number of rotatable bonds is 6. The lowest BCUT2D eigenvalue weighted by molar-refractivity contribution is 0.103. The molecule has 0 aromatic heterocycles. The molecule has 0 heterocycles. The van der Waals surface area contributed by atoms with Crippen molar-refractivity contribution in [1.82, 2.24) is 0 Å². The largest absolute Gasteiger partial charge is 0.507 e. The molecule has 0 aliphatic rings. The molecule has 0 aliphatic heterocycles. The molecule has 0 radical (unpaired) electrons. The van der Waals surface area contributed by atoms with Gasteiger partial charge in [0.15, 0.2) is 5.78 Å². The van der Waals surface area contributed by atoms with Gasteiger partial charge < -0.3 is 14.6 Å². The first-order chi connectivity index (χ1) is 8.13. The van der Waals surface area contributed by atoms with Crippen LogP contribution in [0.4, 0.5) is 0 Å². The van der Waals surface area contributed by atoms with Crippen molar-refractivity contribution in [1.29, 1.82) is 0 Å². The Balaban J connectivity index is 3.26. The summed E-state index contributed by atoms with van der Waals surface area (Å²) in [5, 5.41) is 9.85. The van der Waals surface area contributed by atoms with Gasteiger partial charge in [0, 0.05) is 14.2 Å². The van der Waals surface area contributed by atoms with E-state index in [1.807, 2.05) is 0 Å². The van der Waals surface area contributed by atoms with Crippen LogP contribution in [0.5, 0.6) is 5.75 Å². The Labute approximate surface area is 100 Å². The molecule has 0 aliphatic carbocycles. The van der Waals surface area contributed by atoms with E-state index in [2.05, 4.69) is 6.58 Å². The highest BCUT2D eigenvalue weighted by Gasteiger charge is 2.15. The zero-order valence-electron chi connectivity index (χ0n) is 10.0. The number of carbonyl (C=O) groups excluding carboxylic acids is 1. The highest BCUT2D eigenvalue weighted by molar-refractivity contribution is 6.07. The van der Waals surface area contributed by atoms with E-state index < -0.39 is 0 Å². The standard InChI is InChI=1S/C13H16O4/c1-4-11(14)13-10(8-17-3)5-9(7-16-2)6-12(13)15/h4-6,15H,1,7-8H2,2-3H3. The van der Waals surface area contributed by atoms with Crippen LogP contribution >= 0.6 is 0 Å². The van der Waals surface area contributed by atoms with Gasteiger partial charge in [-0.25, -0.2) is 0 Å². The molecule has 0 amide bonds. The number of hydrogen-bond donors (Lipinski definition) is 1. The molecule has 0 spiro atoms. The average Bonchev–Trinajstić information content (AvgIpc) is 2.29. The van der Waals surface area contributed by atoms with Crippen LogP contribution < -0.4 is 0 Å². The summed E-state index contributed by atoms with van der Waals surface area (Å²) in [5.41, 5.74) is 1.66. The van der Waals surface area contributed by atoms with Gasteiger partial charge in [-0.15, -0.1) is 0 Å². The maximum absolute atomic E-state index is 11.6. The summed E-state index contributed by atoms with van der Waals surface area (Å²) in [6.45, 7) is 4.03. The number of phenolic OH excluding ortho intramolecular Hbond substituents is 1. The molecule has 0 saturated carbocycles. The zero-order valence-corrected chi connectivity index (χ0v) is 10.0. The summed E-state index contributed by atoms with van der Waals surface area (Å²) >= 11 is 0. The first kappa shape index (κ1) is 13.4. The average molecular weight is 236 g/mol. The minimum absolute atomic E-state index is 0.0727. The lowest BCUT2D eigenvalue weighted by atomic mass is 9.99. The third-order valence-corrected chi connectivity index (χ3v) is 2.30. The van der Waals surface area contributed by atoms with Gasteiger partial charge in [0.25, 0.3) is 0 Å². The second kappa shape index (κ2) is 6.18. The first-order valence-corrected chi connectivity index (χ1v) is 5.13. The first-order valence-electron chi connectivity index (χ1n) is 5.13. The van der Waals surface area contributed by atoms with Crippen LogP contribution in [-0.2, 0) is 22.7 Å². The molecule has 4 heteroatoms. The Morgan fingerprint density at radius 2 is 2.00 bits per heavy atom. The maximum atomic E-state index is 11.6. The van der Waals surface area contributed by atoms with Crippen LogP contribution in [-0.4, -0.2) is 25.1 Å². The minimum Gasteiger partial charge on any atom is -0.507 e. The molecule has 1 rings (SSSR count). The van der Waals surface area contributed by atoms with E-state index in [-0.39, 0.29) is 23.7 Å². The van der Waals surface area contributed by atoms with Crippen LogP contribution in [0.3, 0.4) is 0 Å². The van der Waals surface area contributed by atoms with Crippen molar-refractivity contribution < 1.29 is 19.4 Å². The fourth-order valence-electron chi connectivity index (χ4n) is 1.66. The number of benzene rings is 1. The van der Waals surface area contributed by atoms with Gasteiger partial charge in [-0.1, -0.05) is 12.6 Å². The topological polar surface area (TPSA) is 55.8 Å². The summed E-state index contributed by atoms with van der Waals surface area (Å²) < 4.78 is 10.00. The van der Waals surface area contributed by atoms with Crippen molar-refractivity contribution in [2.75, 3.05) is 14.2 Å². The maximum Gasteiger partial charge on any atom is 0.189 e. The van der Waals surface area contributed by atoms with Gasteiger partial charge in [0.2, 0.25) is 0 Å². The predicted molar refractivity (Wildman–Crippen MR) is 64.1 cm³/mol. The van der Waals surface area contributed by atoms with E-state index in [1.54, 1.807) is 13.2 Å². The fraction of sp³-hybridized carbons (Fsp3) is 0.308. The normalized spacial score (nSPS) is 10.2. The van der Waals surface area contributed by atoms with E-state index in [1.165, 1.54) is 19.3 Å². The third kappa shape index (κ3) is 3.15. The Bertz CT molecular complexity index is 424. The fourth-order valence-corrected chi connectivity index (χ4v) is 1.66. The summed E-state index contributed by atoms with van der Waals surface area (Å²) in [4.78, 5) is 11.6. The van der Waals surface area contributed by atoms with Gasteiger partial charge in [0.1, 0.15) is 5.75 Å². The lowest BCUT2D eigenvalue weighted by Crippen LogP contribution is -2.04. The van der Waals surface area contributed by atoms with Gasteiger partial charge in [-0.05, 0) is 23.3 Å². The van der Waals surface area contributed by atoms with E-state index in [9.17, 15) is 9.90 Å². The lowest BCUT2D eigenvalue weighted by Gasteiger charge is -2.11. The van der Waals surface area contributed by atoms with Gasteiger partial charge in [-0.2, -0.15) is 0 Å². The molecule has 4 nitrogen and oxygen atoms in total. The molecule has 1 N–H and O–H groups in total. The molecule has 0 bridgehead atoms. The Kier molecular flexibility index (Phi) is 4.87. The number of methoxy groups -OCH3 is 2. The Morgan fingerprint density at radius 1 is 1.35 bits per heavy atom. The van der Waals surface area contributed by atoms with Crippen molar-refractivity contribution in [2.45, 2.75) is 13.2 Å².